The molecule has 1 aromatic rings. The van der Waals surface area contributed by atoms with Crippen molar-refractivity contribution in [1.29, 1.82) is 0 Å². The molecule has 0 unspecified atom stereocenters. The molecule has 0 saturated carbocycles. The van der Waals surface area contributed by atoms with Crippen molar-refractivity contribution in [2.75, 3.05) is 0 Å². The average Bonchev–Trinajstić information content (AvgIpc) is 2.33. The zero-order chi connectivity index (χ0) is 6.10. The summed E-state index contributed by atoms with van der Waals surface area (Å²) in [5, 5.41) is 0. The molecule has 3 heteroatoms. The van der Waals surface area contributed by atoms with E-state index in [9.17, 15) is 0 Å². The Bertz CT molecular complexity index is 198. The van der Waals surface area contributed by atoms with Crippen LogP contribution in [0.3, 0.4) is 0 Å². The number of fused-ring (bicyclic) bond motifs is 1. The molecule has 0 aromatic heterocycles. The minimum absolute atomic E-state index is 0.0284. The number of benzene rings is 1. The van der Waals surface area contributed by atoms with Crippen LogP contribution in [0.25, 0.3) is 0 Å². The van der Waals surface area contributed by atoms with Gasteiger partial charge in [0, 0.05) is 0 Å². The number of rotatable bonds is 0. The quantitative estimate of drug-likeness (QED) is 0.476. The summed E-state index contributed by atoms with van der Waals surface area (Å²) in [6, 6.07) is 9.32. The maximum absolute atomic E-state index is 2.42. The summed E-state index contributed by atoms with van der Waals surface area (Å²) >= 11 is 0.307. The van der Waals surface area contributed by atoms with Crippen LogP contribution in [0, 0.1) is 65.1 Å². The predicted octanol–water partition coefficient (Wildman–Crippen LogP) is 0.0358. The Morgan fingerprint density at radius 1 is 0.889 bits per heavy atom. The van der Waals surface area contributed by atoms with Gasteiger partial charge in [0.2, 0.25) is 0 Å². The van der Waals surface area contributed by atoms with Gasteiger partial charge in [-0.3, -0.25) is 0 Å². The molecule has 0 N–H and O–H groups in total. The molecule has 0 fully saturated rings. The zero-order valence-electron chi connectivity index (χ0n) is 4.81. The molecule has 0 spiro atoms. The first-order chi connectivity index (χ1) is 4.47. The first-order valence-electron chi connectivity index (χ1n) is 2.83. The van der Waals surface area contributed by atoms with Crippen LogP contribution in [-0.4, -0.2) is 0 Å². The van der Waals surface area contributed by atoms with Crippen molar-refractivity contribution in [3.05, 3.63) is 24.3 Å². The van der Waals surface area contributed by atoms with Gasteiger partial charge in [-0.1, -0.05) is 0 Å². The summed E-state index contributed by atoms with van der Waals surface area (Å²) in [5.74, 6) is 0. The first-order valence-corrected chi connectivity index (χ1v) is 32.0. The predicted molar refractivity (Wildman–Crippen MR) is 25.7 cm³/mol. The molecule has 1 aliphatic rings. The molecular weight excluding hydrogens is 492 g/mol. The van der Waals surface area contributed by atoms with E-state index < -0.39 is 0 Å². The van der Waals surface area contributed by atoms with Gasteiger partial charge in [-0.25, -0.2) is 0 Å². The van der Waals surface area contributed by atoms with Crippen molar-refractivity contribution in [1.82, 2.24) is 0 Å². The van der Waals surface area contributed by atoms with Gasteiger partial charge in [0.15, 0.2) is 0 Å². The van der Waals surface area contributed by atoms with Gasteiger partial charge in [-0.15, -0.1) is 0 Å². The van der Waals surface area contributed by atoms with Gasteiger partial charge in [-0.05, 0) is 0 Å². The van der Waals surface area contributed by atoms with Crippen LogP contribution in [-0.2, 0) is 0 Å². The van der Waals surface area contributed by atoms with Gasteiger partial charge in [0.05, 0.1) is 0 Å². The molecule has 0 radical (unpaired) electrons. The topological polar surface area (TPSA) is 0 Å². The summed E-state index contributed by atoms with van der Waals surface area (Å²) in [6.45, 7) is 0. The summed E-state index contributed by atoms with van der Waals surface area (Å²) < 4.78 is 3.87. The SMILES string of the molecule is c1cc[c]2[c](c1)[Ce][Ce][Ce]2. The fourth-order valence-corrected chi connectivity index (χ4v) is 98.0. The molecule has 0 aliphatic carbocycles. The van der Waals surface area contributed by atoms with E-state index in [2.05, 4.69) is 24.3 Å². The second-order valence-electron chi connectivity index (χ2n) is 1.92. The van der Waals surface area contributed by atoms with E-state index in [0.29, 0.717) is 0 Å². The van der Waals surface area contributed by atoms with Gasteiger partial charge in [0.25, 0.3) is 0 Å². The molecule has 0 amide bonds. The summed E-state index contributed by atoms with van der Waals surface area (Å²) in [6.07, 6.45) is 0. The summed E-state index contributed by atoms with van der Waals surface area (Å²) in [4.78, 5) is 0. The van der Waals surface area contributed by atoms with Crippen LogP contribution >= 0.6 is 0 Å². The first kappa shape index (κ1) is 8.93. The van der Waals surface area contributed by atoms with Crippen molar-refractivity contribution in [2.24, 2.45) is 0 Å². The van der Waals surface area contributed by atoms with Crippen LogP contribution in [0.1, 0.15) is 0 Å². The molecule has 0 bridgehead atoms. The van der Waals surface area contributed by atoms with Gasteiger partial charge >= 0.3 is 91.5 Å². The van der Waals surface area contributed by atoms with Crippen molar-refractivity contribution < 1.29 is 65.1 Å². The molecule has 0 nitrogen and oxygen atoms in total. The molecule has 40 valence electrons. The standard InChI is InChI=1S/C6H4.3Ce/c1-2-4-6-5-3-1;;;/h1-4H;;;. The third-order valence-electron chi connectivity index (χ3n) is 1.32. The fourth-order valence-electron chi connectivity index (χ4n) is 0.867. The van der Waals surface area contributed by atoms with Crippen molar-refractivity contribution in [2.45, 2.75) is 0 Å². The van der Waals surface area contributed by atoms with Crippen LogP contribution in [0.4, 0.5) is 0 Å². The minimum atomic E-state index is 0.0284. The summed E-state index contributed by atoms with van der Waals surface area (Å²) in [5.41, 5.74) is 0. The molecule has 1 aliphatic heterocycles. The van der Waals surface area contributed by atoms with Gasteiger partial charge in [-0.2, -0.15) is 0 Å². The maximum atomic E-state index is 2.42. The Labute approximate surface area is 86.9 Å². The monoisotopic (exact) mass is 496 g/mol. The van der Waals surface area contributed by atoms with E-state index in [1.165, 1.54) is 0 Å². The molecule has 1 heterocycles. The number of hydrogen-bond donors (Lipinski definition) is 0. The van der Waals surface area contributed by atoms with Crippen LogP contribution < -0.4 is 2.16 Å². The Hall–Kier alpha value is 3.35. The van der Waals surface area contributed by atoms with Crippen LogP contribution in [0.5, 0.6) is 0 Å². The normalized spacial score (nSPS) is 12.9. The van der Waals surface area contributed by atoms with Crippen LogP contribution in [0.15, 0.2) is 24.3 Å². The van der Waals surface area contributed by atoms with E-state index in [4.69, 9.17) is 0 Å². The molecule has 0 saturated heterocycles. The van der Waals surface area contributed by atoms with E-state index in [1.807, 2.05) is 2.16 Å². The third-order valence-corrected chi connectivity index (χ3v) is 68.6. The van der Waals surface area contributed by atoms with Crippen LogP contribution in [0.2, 0.25) is 0 Å². The van der Waals surface area contributed by atoms with E-state index in [0.717, 1.165) is 0 Å². The van der Waals surface area contributed by atoms with E-state index in [1.54, 1.807) is 0 Å². The zero-order valence-corrected chi connectivity index (χ0v) is 14.2. The Kier molecular flexibility index (Phi) is 4.51. The Morgan fingerprint density at radius 3 is 2.00 bits per heavy atom. The van der Waals surface area contributed by atoms with Gasteiger partial charge < -0.3 is 0 Å². The Morgan fingerprint density at radius 2 is 1.44 bits per heavy atom. The van der Waals surface area contributed by atoms with Crippen molar-refractivity contribution >= 4 is 2.16 Å². The van der Waals surface area contributed by atoms with E-state index >= 15 is 0 Å². The molecule has 9 heavy (non-hydrogen) atoms. The van der Waals surface area contributed by atoms with Crippen molar-refractivity contribution in [3.8, 4) is 0 Å². The van der Waals surface area contributed by atoms with Gasteiger partial charge in [0.1, 0.15) is 0 Å². The van der Waals surface area contributed by atoms with E-state index in [-0.39, 0.29) is 65.1 Å². The Balaban J connectivity index is 2.54. The number of hydrogen-bond acceptors (Lipinski definition) is 0. The fraction of sp³-hybridized carbons (Fsp3) is 0. The molecule has 2 rings (SSSR count). The average molecular weight is 496 g/mol. The molecule has 0 atom stereocenters. The second-order valence-corrected chi connectivity index (χ2v) is 66.4. The van der Waals surface area contributed by atoms with Crippen molar-refractivity contribution in [3.63, 3.8) is 0 Å². The third kappa shape index (κ3) is 2.40. The molecular formula is C6H4Ce3. The molecule has 1 aromatic carbocycles. The summed E-state index contributed by atoms with van der Waals surface area (Å²) in [7, 11) is 0. The second kappa shape index (κ2) is 4.55.